The van der Waals surface area contributed by atoms with E-state index in [4.69, 9.17) is 5.73 Å². The predicted octanol–water partition coefficient (Wildman–Crippen LogP) is 3.43. The van der Waals surface area contributed by atoms with Gasteiger partial charge in [0.25, 0.3) is 5.91 Å². The first-order valence-electron chi connectivity index (χ1n) is 9.85. The van der Waals surface area contributed by atoms with E-state index in [0.29, 0.717) is 35.0 Å². The summed E-state index contributed by atoms with van der Waals surface area (Å²) in [5.41, 5.74) is 9.66. The van der Waals surface area contributed by atoms with Crippen molar-refractivity contribution >= 4 is 45.6 Å². The molecule has 0 aliphatic rings. The number of nitrogens with one attached hydrogen (secondary N) is 3. The maximum absolute atomic E-state index is 12.5. The highest BCUT2D eigenvalue weighted by Crippen LogP contribution is 2.24. The largest absolute Gasteiger partial charge is 0.396 e. The van der Waals surface area contributed by atoms with Gasteiger partial charge in [0.05, 0.1) is 23.1 Å². The van der Waals surface area contributed by atoms with Crippen molar-refractivity contribution < 1.29 is 9.59 Å². The Morgan fingerprint density at radius 1 is 1.00 bits per heavy atom. The van der Waals surface area contributed by atoms with Crippen molar-refractivity contribution in [2.24, 2.45) is 0 Å². The summed E-state index contributed by atoms with van der Waals surface area (Å²) in [6, 6.07) is 14.3. The van der Waals surface area contributed by atoms with E-state index in [1.165, 1.54) is 19.4 Å². The maximum atomic E-state index is 12.5. The molecule has 9 heteroatoms. The molecule has 4 aromatic rings. The lowest BCUT2D eigenvalue weighted by Gasteiger charge is -2.11. The maximum Gasteiger partial charge on any atom is 0.255 e. The van der Waals surface area contributed by atoms with Gasteiger partial charge < -0.3 is 21.7 Å². The SMILES string of the molecule is CC(=O)Nc1ccc2ncnc(NCc3ccc(C(=O)Nc4ccncc4N)cc3)c2c1. The van der Waals surface area contributed by atoms with Gasteiger partial charge in [0.1, 0.15) is 12.1 Å². The standard InChI is InChI=1S/C23H21N7O2/c1-14(31)29-17-6-7-20-18(10-17)22(28-13-27-20)26-11-15-2-4-16(5-3-15)23(32)30-21-8-9-25-12-19(21)24/h2-10,12-13H,11,24H2,1H3,(H,29,31)(H,25,30,32)(H,26,27,28). The van der Waals surface area contributed by atoms with Crippen LogP contribution in [0.25, 0.3) is 10.9 Å². The summed E-state index contributed by atoms with van der Waals surface area (Å²) in [7, 11) is 0. The molecule has 0 radical (unpaired) electrons. The second-order valence-corrected chi connectivity index (χ2v) is 7.10. The summed E-state index contributed by atoms with van der Waals surface area (Å²) in [6.07, 6.45) is 4.54. The zero-order valence-electron chi connectivity index (χ0n) is 17.3. The van der Waals surface area contributed by atoms with Crippen molar-refractivity contribution in [2.45, 2.75) is 13.5 Å². The Balaban J connectivity index is 1.45. The Morgan fingerprint density at radius 3 is 2.56 bits per heavy atom. The lowest BCUT2D eigenvalue weighted by Crippen LogP contribution is -2.13. The quantitative estimate of drug-likeness (QED) is 0.370. The minimum atomic E-state index is -0.255. The van der Waals surface area contributed by atoms with Crippen molar-refractivity contribution in [1.82, 2.24) is 15.0 Å². The van der Waals surface area contributed by atoms with Gasteiger partial charge >= 0.3 is 0 Å². The first-order valence-corrected chi connectivity index (χ1v) is 9.85. The van der Waals surface area contributed by atoms with Crippen LogP contribution in [0.3, 0.4) is 0 Å². The molecule has 5 N–H and O–H groups in total. The number of fused-ring (bicyclic) bond motifs is 1. The van der Waals surface area contributed by atoms with Crippen LogP contribution in [0, 0.1) is 0 Å². The molecule has 2 amide bonds. The van der Waals surface area contributed by atoms with Gasteiger partial charge in [-0.15, -0.1) is 0 Å². The average molecular weight is 427 g/mol. The molecule has 0 spiro atoms. The third-order valence-corrected chi connectivity index (χ3v) is 4.73. The second kappa shape index (κ2) is 9.09. The van der Waals surface area contributed by atoms with Gasteiger partial charge in [0.2, 0.25) is 5.91 Å². The van der Waals surface area contributed by atoms with Gasteiger partial charge in [0.15, 0.2) is 0 Å². The highest BCUT2D eigenvalue weighted by Gasteiger charge is 2.09. The Bertz CT molecular complexity index is 1290. The summed E-state index contributed by atoms with van der Waals surface area (Å²) < 4.78 is 0. The minimum Gasteiger partial charge on any atom is -0.396 e. The molecule has 0 unspecified atom stereocenters. The smallest absolute Gasteiger partial charge is 0.255 e. The first kappa shape index (κ1) is 20.7. The molecule has 0 aliphatic heterocycles. The van der Waals surface area contributed by atoms with Crippen molar-refractivity contribution in [2.75, 3.05) is 21.7 Å². The fourth-order valence-corrected chi connectivity index (χ4v) is 3.15. The van der Waals surface area contributed by atoms with Crippen LogP contribution in [-0.4, -0.2) is 26.8 Å². The summed E-state index contributed by atoms with van der Waals surface area (Å²) in [5.74, 6) is 0.248. The number of benzene rings is 2. The molecule has 9 nitrogen and oxygen atoms in total. The van der Waals surface area contributed by atoms with Gasteiger partial charge in [0, 0.05) is 36.3 Å². The number of carbonyl (C=O) groups excluding carboxylic acids is 2. The number of pyridine rings is 1. The van der Waals surface area contributed by atoms with E-state index in [-0.39, 0.29) is 11.8 Å². The number of anilines is 4. The highest BCUT2D eigenvalue weighted by molar-refractivity contribution is 6.05. The molecular weight excluding hydrogens is 406 g/mol. The fraction of sp³-hybridized carbons (Fsp3) is 0.0870. The third kappa shape index (κ3) is 4.78. The highest BCUT2D eigenvalue weighted by atomic mass is 16.2. The average Bonchev–Trinajstić information content (AvgIpc) is 2.79. The van der Waals surface area contributed by atoms with Crippen molar-refractivity contribution in [3.05, 3.63) is 78.4 Å². The molecule has 0 saturated heterocycles. The molecule has 0 atom stereocenters. The second-order valence-electron chi connectivity index (χ2n) is 7.10. The van der Waals surface area contributed by atoms with Gasteiger partial charge in [-0.1, -0.05) is 12.1 Å². The van der Waals surface area contributed by atoms with Crippen molar-refractivity contribution in [3.63, 3.8) is 0 Å². The normalized spacial score (nSPS) is 10.5. The zero-order chi connectivity index (χ0) is 22.5. The van der Waals surface area contributed by atoms with Crippen LogP contribution in [0.5, 0.6) is 0 Å². The lowest BCUT2D eigenvalue weighted by atomic mass is 10.1. The lowest BCUT2D eigenvalue weighted by molar-refractivity contribution is -0.114. The van der Waals surface area contributed by atoms with Crippen LogP contribution >= 0.6 is 0 Å². The summed E-state index contributed by atoms with van der Waals surface area (Å²) in [5, 5.41) is 9.63. The number of hydrogen-bond donors (Lipinski definition) is 4. The van der Waals surface area contributed by atoms with Crippen LogP contribution < -0.4 is 21.7 Å². The van der Waals surface area contributed by atoms with Crippen LogP contribution in [0.4, 0.5) is 22.9 Å². The topological polar surface area (TPSA) is 135 Å². The number of rotatable bonds is 6. The van der Waals surface area contributed by atoms with Crippen LogP contribution in [0.2, 0.25) is 0 Å². The Labute approximate surface area is 184 Å². The van der Waals surface area contributed by atoms with E-state index < -0.39 is 0 Å². The molecule has 0 bridgehead atoms. The number of carbonyl (C=O) groups is 2. The van der Waals surface area contributed by atoms with Gasteiger partial charge in [-0.2, -0.15) is 0 Å². The van der Waals surface area contributed by atoms with Crippen molar-refractivity contribution in [3.8, 4) is 0 Å². The van der Waals surface area contributed by atoms with Crippen molar-refractivity contribution in [1.29, 1.82) is 0 Å². The molecule has 0 aliphatic carbocycles. The third-order valence-electron chi connectivity index (χ3n) is 4.73. The van der Waals surface area contributed by atoms with Crippen LogP contribution in [0.15, 0.2) is 67.3 Å². The molecular formula is C23H21N7O2. The molecule has 2 heterocycles. The Hall–Kier alpha value is -4.53. The number of nitrogens with two attached hydrogens (primary N) is 1. The predicted molar refractivity (Wildman–Crippen MR) is 124 cm³/mol. The number of amides is 2. The molecule has 32 heavy (non-hydrogen) atoms. The van der Waals surface area contributed by atoms with Gasteiger partial charge in [-0.05, 0) is 42.0 Å². The van der Waals surface area contributed by atoms with Gasteiger partial charge in [-0.25, -0.2) is 9.97 Å². The monoisotopic (exact) mass is 427 g/mol. The Kier molecular flexibility index (Phi) is 5.89. The van der Waals surface area contributed by atoms with E-state index >= 15 is 0 Å². The van der Waals surface area contributed by atoms with E-state index in [2.05, 4.69) is 30.9 Å². The number of nitrogen functional groups attached to an aromatic ring is 1. The summed E-state index contributed by atoms with van der Waals surface area (Å²) in [4.78, 5) is 36.3. The molecule has 0 saturated carbocycles. The Morgan fingerprint density at radius 2 is 1.81 bits per heavy atom. The molecule has 160 valence electrons. The summed E-state index contributed by atoms with van der Waals surface area (Å²) in [6.45, 7) is 1.95. The van der Waals surface area contributed by atoms with Crippen LogP contribution in [0.1, 0.15) is 22.8 Å². The number of nitrogens with zero attached hydrogens (tertiary/aromatic N) is 3. The summed E-state index contributed by atoms with van der Waals surface area (Å²) >= 11 is 0. The molecule has 4 rings (SSSR count). The van der Waals surface area contributed by atoms with Gasteiger partial charge in [-0.3, -0.25) is 14.6 Å². The fourth-order valence-electron chi connectivity index (χ4n) is 3.15. The zero-order valence-corrected chi connectivity index (χ0v) is 17.3. The number of hydrogen-bond acceptors (Lipinski definition) is 7. The van der Waals surface area contributed by atoms with E-state index in [9.17, 15) is 9.59 Å². The number of aromatic nitrogens is 3. The molecule has 2 aromatic heterocycles. The molecule has 2 aromatic carbocycles. The van der Waals surface area contributed by atoms with E-state index in [1.807, 2.05) is 24.3 Å². The molecule has 0 fully saturated rings. The van der Waals surface area contributed by atoms with E-state index in [0.717, 1.165) is 16.5 Å². The first-order chi connectivity index (χ1) is 15.5. The van der Waals surface area contributed by atoms with Crippen LogP contribution in [-0.2, 0) is 11.3 Å². The minimum absolute atomic E-state index is 0.147. The van der Waals surface area contributed by atoms with E-state index in [1.54, 1.807) is 30.5 Å².